The van der Waals surface area contributed by atoms with E-state index in [-0.39, 0.29) is 18.2 Å². The summed E-state index contributed by atoms with van der Waals surface area (Å²) >= 11 is 0. The Labute approximate surface area is 179 Å². The SMILES string of the molecule is COc1cccc([C@H]2C=C(O[Si](C(C)C)(C(C)C)C(C)C)[C@@H](C)N(C(C)C)O2)c1. The molecular weight excluding hydrogens is 378 g/mol. The van der Waals surface area contributed by atoms with Gasteiger partial charge in [0.2, 0.25) is 0 Å². The summed E-state index contributed by atoms with van der Waals surface area (Å²) in [6, 6.07) is 8.45. The second kappa shape index (κ2) is 9.67. The van der Waals surface area contributed by atoms with Gasteiger partial charge in [-0.15, -0.1) is 0 Å². The minimum atomic E-state index is -2.04. The Hall–Kier alpha value is -1.30. The molecule has 0 fully saturated rings. The second-order valence-electron chi connectivity index (χ2n) is 9.42. The van der Waals surface area contributed by atoms with Gasteiger partial charge >= 0.3 is 0 Å². The van der Waals surface area contributed by atoms with Gasteiger partial charge in [-0.25, -0.2) is 0 Å². The molecule has 0 bridgehead atoms. The van der Waals surface area contributed by atoms with E-state index in [2.05, 4.69) is 79.5 Å². The number of nitrogens with zero attached hydrogens (tertiary/aromatic N) is 1. The van der Waals surface area contributed by atoms with E-state index >= 15 is 0 Å². The Morgan fingerprint density at radius 2 is 1.55 bits per heavy atom. The van der Waals surface area contributed by atoms with Crippen molar-refractivity contribution in [2.75, 3.05) is 7.11 Å². The number of hydrogen-bond acceptors (Lipinski definition) is 4. The molecule has 4 nitrogen and oxygen atoms in total. The average molecular weight is 420 g/mol. The van der Waals surface area contributed by atoms with Gasteiger partial charge in [-0.1, -0.05) is 53.7 Å². The summed E-state index contributed by atoms with van der Waals surface area (Å²) in [7, 11) is -0.349. The van der Waals surface area contributed by atoms with Crippen LogP contribution in [-0.4, -0.2) is 32.6 Å². The highest BCUT2D eigenvalue weighted by Gasteiger charge is 2.48. The molecule has 0 aliphatic carbocycles. The lowest BCUT2D eigenvalue weighted by Crippen LogP contribution is -2.51. The van der Waals surface area contributed by atoms with E-state index in [9.17, 15) is 0 Å². The molecule has 29 heavy (non-hydrogen) atoms. The number of hydrogen-bond donors (Lipinski definition) is 0. The van der Waals surface area contributed by atoms with E-state index in [0.29, 0.717) is 16.6 Å². The Balaban J connectivity index is 2.51. The minimum Gasteiger partial charge on any atom is -0.545 e. The van der Waals surface area contributed by atoms with Crippen LogP contribution >= 0.6 is 0 Å². The van der Waals surface area contributed by atoms with Crippen LogP contribution in [-0.2, 0) is 9.26 Å². The minimum absolute atomic E-state index is 0.0833. The maximum absolute atomic E-state index is 7.11. The molecule has 0 amide bonds. The smallest absolute Gasteiger partial charge is 0.258 e. The van der Waals surface area contributed by atoms with E-state index < -0.39 is 8.32 Å². The molecule has 0 unspecified atom stereocenters. The third kappa shape index (κ3) is 4.89. The molecular formula is C24H41NO3Si. The molecule has 0 spiro atoms. The van der Waals surface area contributed by atoms with Gasteiger partial charge in [-0.05, 0) is 61.2 Å². The molecule has 1 aromatic carbocycles. The van der Waals surface area contributed by atoms with Gasteiger partial charge in [0.15, 0.2) is 0 Å². The zero-order valence-electron chi connectivity index (χ0n) is 20.0. The van der Waals surface area contributed by atoms with Gasteiger partial charge in [0.05, 0.1) is 18.9 Å². The fraction of sp³-hybridized carbons (Fsp3) is 0.667. The number of ether oxygens (including phenoxy) is 1. The Morgan fingerprint density at radius 1 is 0.966 bits per heavy atom. The van der Waals surface area contributed by atoms with E-state index in [1.54, 1.807) is 7.11 Å². The molecule has 0 N–H and O–H groups in total. The molecule has 2 atom stereocenters. The highest BCUT2D eigenvalue weighted by Crippen LogP contribution is 2.45. The van der Waals surface area contributed by atoms with Gasteiger partial charge in [-0.2, -0.15) is 5.06 Å². The predicted octanol–water partition coefficient (Wildman–Crippen LogP) is 6.86. The molecule has 1 aliphatic heterocycles. The van der Waals surface area contributed by atoms with E-state index in [0.717, 1.165) is 17.1 Å². The van der Waals surface area contributed by atoms with E-state index in [1.807, 2.05) is 18.2 Å². The summed E-state index contributed by atoms with van der Waals surface area (Å²) in [4.78, 5) is 6.41. The van der Waals surface area contributed by atoms with Crippen LogP contribution in [0.3, 0.4) is 0 Å². The average Bonchev–Trinajstić information content (AvgIpc) is 2.66. The van der Waals surface area contributed by atoms with Crippen molar-refractivity contribution < 1.29 is 14.0 Å². The molecule has 0 radical (unpaired) electrons. The van der Waals surface area contributed by atoms with Crippen LogP contribution < -0.4 is 4.74 Å². The molecule has 0 saturated heterocycles. The van der Waals surface area contributed by atoms with Crippen LogP contribution in [0.15, 0.2) is 36.1 Å². The lowest BCUT2D eigenvalue weighted by molar-refractivity contribution is -0.234. The van der Waals surface area contributed by atoms with Crippen LogP contribution in [0.2, 0.25) is 16.6 Å². The quantitative estimate of drug-likeness (QED) is 0.431. The van der Waals surface area contributed by atoms with Crippen molar-refractivity contribution in [2.45, 2.75) is 97.1 Å². The van der Waals surface area contributed by atoms with Crippen molar-refractivity contribution in [3.63, 3.8) is 0 Å². The third-order valence-corrected chi connectivity index (χ3v) is 12.3. The standard InChI is InChI=1S/C24H41NO3Si/c1-16(2)25-20(9)23(28-29(17(3)4,18(5)6)19(7)8)15-24(27-25)21-12-11-13-22(14-21)26-10/h11-20,24H,1-10H3/t20-,24-/m1/s1. The first-order chi connectivity index (χ1) is 13.5. The first-order valence-corrected chi connectivity index (χ1v) is 13.2. The molecule has 164 valence electrons. The van der Waals surface area contributed by atoms with Crippen molar-refractivity contribution in [2.24, 2.45) is 0 Å². The van der Waals surface area contributed by atoms with E-state index in [1.165, 1.54) is 0 Å². The van der Waals surface area contributed by atoms with Gasteiger partial charge in [-0.3, -0.25) is 4.84 Å². The fourth-order valence-corrected chi connectivity index (χ4v) is 10.2. The maximum Gasteiger partial charge on any atom is 0.258 e. The van der Waals surface area contributed by atoms with Gasteiger partial charge in [0, 0.05) is 6.04 Å². The second-order valence-corrected chi connectivity index (χ2v) is 14.8. The number of hydroxylamine groups is 2. The van der Waals surface area contributed by atoms with Crippen molar-refractivity contribution in [3.05, 3.63) is 41.7 Å². The Bertz CT molecular complexity index is 677. The van der Waals surface area contributed by atoms with Crippen molar-refractivity contribution in [1.29, 1.82) is 0 Å². The van der Waals surface area contributed by atoms with Gasteiger partial charge in [0.1, 0.15) is 11.9 Å². The summed E-state index contributed by atoms with van der Waals surface area (Å²) in [6.45, 7) is 20.5. The number of benzene rings is 1. The summed E-state index contributed by atoms with van der Waals surface area (Å²) in [5, 5.41) is 2.08. The molecule has 1 heterocycles. The van der Waals surface area contributed by atoms with Gasteiger partial charge < -0.3 is 9.16 Å². The van der Waals surface area contributed by atoms with Crippen molar-refractivity contribution in [3.8, 4) is 5.75 Å². The predicted molar refractivity (Wildman–Crippen MR) is 123 cm³/mol. The van der Waals surface area contributed by atoms with Crippen LogP contribution in [0, 0.1) is 0 Å². The monoisotopic (exact) mass is 419 g/mol. The third-order valence-electron chi connectivity index (χ3n) is 6.28. The highest BCUT2D eigenvalue weighted by atomic mass is 28.4. The Kier molecular flexibility index (Phi) is 7.99. The summed E-state index contributed by atoms with van der Waals surface area (Å²) in [5.41, 5.74) is 2.66. The Morgan fingerprint density at radius 3 is 2.03 bits per heavy atom. The maximum atomic E-state index is 7.11. The first kappa shape index (κ1) is 24.0. The molecule has 1 aromatic rings. The van der Waals surface area contributed by atoms with Gasteiger partial charge in [0.25, 0.3) is 8.32 Å². The highest BCUT2D eigenvalue weighted by molar-refractivity contribution is 6.77. The molecule has 0 saturated carbocycles. The fourth-order valence-electron chi connectivity index (χ4n) is 4.89. The van der Waals surface area contributed by atoms with E-state index in [4.69, 9.17) is 14.0 Å². The molecule has 5 heteroatoms. The van der Waals surface area contributed by atoms with Crippen LogP contribution in [0.5, 0.6) is 5.75 Å². The lowest BCUT2D eigenvalue weighted by Gasteiger charge is -2.47. The van der Waals surface area contributed by atoms with Crippen LogP contribution in [0.25, 0.3) is 0 Å². The summed E-state index contributed by atoms with van der Waals surface area (Å²) in [6.07, 6.45) is 2.00. The topological polar surface area (TPSA) is 30.9 Å². The lowest BCUT2D eigenvalue weighted by atomic mass is 10.0. The number of rotatable bonds is 8. The van der Waals surface area contributed by atoms with Crippen molar-refractivity contribution >= 4 is 8.32 Å². The summed E-state index contributed by atoms with van der Waals surface area (Å²) < 4.78 is 12.5. The largest absolute Gasteiger partial charge is 0.545 e. The normalized spacial score (nSPS) is 21.2. The van der Waals surface area contributed by atoms with Crippen LogP contribution in [0.4, 0.5) is 0 Å². The first-order valence-electron chi connectivity index (χ1n) is 11.0. The molecule has 2 rings (SSSR count). The molecule has 0 aromatic heterocycles. The zero-order chi connectivity index (χ0) is 21.9. The number of methoxy groups -OCH3 is 1. The zero-order valence-corrected chi connectivity index (χ0v) is 21.0. The molecule has 1 aliphatic rings. The van der Waals surface area contributed by atoms with Crippen molar-refractivity contribution in [1.82, 2.24) is 5.06 Å². The van der Waals surface area contributed by atoms with Crippen LogP contribution in [0.1, 0.15) is 74.0 Å². The summed E-state index contributed by atoms with van der Waals surface area (Å²) in [5.74, 6) is 1.90.